The normalized spacial score (nSPS) is 20.8. The molecule has 2 aliphatic heterocycles. The van der Waals surface area contributed by atoms with Gasteiger partial charge in [0.15, 0.2) is 0 Å². The maximum atomic E-state index is 4.39. The van der Waals surface area contributed by atoms with Crippen LogP contribution in [-0.4, -0.2) is 16.8 Å². The average Bonchev–Trinajstić information content (AvgIpc) is 3.79. The number of benzene rings is 5. The van der Waals surface area contributed by atoms with E-state index in [1.54, 1.807) is 0 Å². The molecule has 5 aromatic carbocycles. The molecule has 272 valence electrons. The summed E-state index contributed by atoms with van der Waals surface area (Å²) in [6.07, 6.45) is 27.9. The van der Waals surface area contributed by atoms with E-state index in [-0.39, 0.29) is 0 Å². The first-order valence-corrected chi connectivity index (χ1v) is 20.6. The summed E-state index contributed by atoms with van der Waals surface area (Å²) >= 11 is 0. The van der Waals surface area contributed by atoms with E-state index in [4.69, 9.17) is 0 Å². The number of para-hydroxylation sites is 1. The van der Waals surface area contributed by atoms with E-state index in [1.165, 1.54) is 90.2 Å². The van der Waals surface area contributed by atoms with Crippen molar-refractivity contribution >= 4 is 45.7 Å². The lowest BCUT2D eigenvalue weighted by Gasteiger charge is -2.30. The first kappa shape index (κ1) is 33.2. The van der Waals surface area contributed by atoms with E-state index in [1.807, 2.05) is 12.4 Å². The highest BCUT2D eigenvalue weighted by Gasteiger charge is 2.39. The third kappa shape index (κ3) is 5.68. The summed E-state index contributed by atoms with van der Waals surface area (Å²) < 4.78 is 2.55. The molecule has 11 rings (SSSR count). The molecule has 6 aromatic rings. The monoisotopic (exact) mass is 723 g/mol. The van der Waals surface area contributed by atoms with Gasteiger partial charge in [-0.2, -0.15) is 0 Å². The molecule has 0 saturated heterocycles. The maximum Gasteiger partial charge on any atom is 0.0591 e. The first-order valence-electron chi connectivity index (χ1n) is 20.6. The summed E-state index contributed by atoms with van der Waals surface area (Å²) in [4.78, 5) is 7.01. The van der Waals surface area contributed by atoms with Crippen molar-refractivity contribution in [3.05, 3.63) is 191 Å². The average molecular weight is 724 g/mol. The van der Waals surface area contributed by atoms with Crippen molar-refractivity contribution in [2.75, 3.05) is 4.90 Å². The van der Waals surface area contributed by atoms with E-state index in [0.29, 0.717) is 17.9 Å². The highest BCUT2D eigenvalue weighted by atomic mass is 15.2. The van der Waals surface area contributed by atoms with Crippen LogP contribution in [0.2, 0.25) is 0 Å². The SMILES string of the molecule is C1=CCCC(c2ccc(N3c4cc(C5=Cc6c(n(-c7cc(-c8ccccc8)cc(C8C=CN=CC8)c7)c7ccccc67)CC5)ccc4C4CCC=CC43)cc2)=C1. The Kier molecular flexibility index (Phi) is 8.19. The molecule has 3 aliphatic carbocycles. The number of hydrogen-bond acceptors (Lipinski definition) is 2. The highest BCUT2D eigenvalue weighted by Crippen LogP contribution is 2.51. The Morgan fingerprint density at radius 3 is 2.38 bits per heavy atom. The zero-order valence-electron chi connectivity index (χ0n) is 31.7. The van der Waals surface area contributed by atoms with Gasteiger partial charge in [-0.3, -0.25) is 4.99 Å². The molecule has 56 heavy (non-hydrogen) atoms. The van der Waals surface area contributed by atoms with Crippen molar-refractivity contribution in [1.82, 2.24) is 4.57 Å². The van der Waals surface area contributed by atoms with E-state index in [9.17, 15) is 0 Å². The minimum atomic E-state index is 0.308. The Bertz CT molecular complexity index is 2680. The topological polar surface area (TPSA) is 20.5 Å². The summed E-state index contributed by atoms with van der Waals surface area (Å²) in [7, 11) is 0. The van der Waals surface area contributed by atoms with Crippen molar-refractivity contribution in [1.29, 1.82) is 0 Å². The van der Waals surface area contributed by atoms with Crippen LogP contribution in [0.1, 0.15) is 83.9 Å². The van der Waals surface area contributed by atoms with Crippen LogP contribution in [0.5, 0.6) is 0 Å². The van der Waals surface area contributed by atoms with Gasteiger partial charge in [0.1, 0.15) is 0 Å². The summed E-state index contributed by atoms with van der Waals surface area (Å²) in [6, 6.07) is 44.2. The van der Waals surface area contributed by atoms with Gasteiger partial charge in [0.25, 0.3) is 0 Å². The van der Waals surface area contributed by atoms with Gasteiger partial charge in [-0.15, -0.1) is 0 Å². The molecule has 0 radical (unpaired) electrons. The molecule has 3 atom stereocenters. The lowest BCUT2D eigenvalue weighted by atomic mass is 9.85. The molecular weight excluding hydrogens is 679 g/mol. The highest BCUT2D eigenvalue weighted by molar-refractivity contribution is 5.99. The van der Waals surface area contributed by atoms with Gasteiger partial charge in [0, 0.05) is 58.0 Å². The molecule has 3 heteroatoms. The predicted octanol–water partition coefficient (Wildman–Crippen LogP) is 13.5. The van der Waals surface area contributed by atoms with Crippen LogP contribution in [0, 0.1) is 0 Å². The van der Waals surface area contributed by atoms with Gasteiger partial charge in [-0.05, 0) is 132 Å². The minimum Gasteiger partial charge on any atom is -0.334 e. The molecule has 0 saturated carbocycles. The molecule has 3 unspecified atom stereocenters. The largest absolute Gasteiger partial charge is 0.334 e. The number of aromatic nitrogens is 1. The number of nitrogens with zero attached hydrogens (tertiary/aromatic N) is 3. The molecule has 0 fully saturated rings. The van der Waals surface area contributed by atoms with Crippen LogP contribution in [-0.2, 0) is 6.42 Å². The zero-order chi connectivity index (χ0) is 37.0. The van der Waals surface area contributed by atoms with Crippen LogP contribution in [0.3, 0.4) is 0 Å². The number of rotatable bonds is 6. The van der Waals surface area contributed by atoms with E-state index >= 15 is 0 Å². The van der Waals surface area contributed by atoms with Crippen molar-refractivity contribution in [3.8, 4) is 16.8 Å². The van der Waals surface area contributed by atoms with E-state index in [0.717, 1.165) is 38.5 Å². The van der Waals surface area contributed by atoms with Gasteiger partial charge in [0.05, 0.1) is 11.6 Å². The molecule has 5 aliphatic rings. The number of allylic oxidation sites excluding steroid dienone is 7. The van der Waals surface area contributed by atoms with Crippen LogP contribution >= 0.6 is 0 Å². The summed E-state index contributed by atoms with van der Waals surface area (Å²) in [6.45, 7) is 0. The minimum absolute atomic E-state index is 0.308. The Morgan fingerprint density at radius 1 is 0.643 bits per heavy atom. The Labute approximate surface area is 330 Å². The van der Waals surface area contributed by atoms with Gasteiger partial charge >= 0.3 is 0 Å². The predicted molar refractivity (Wildman–Crippen MR) is 236 cm³/mol. The number of fused-ring (bicyclic) bond motifs is 6. The molecule has 3 heterocycles. The van der Waals surface area contributed by atoms with Crippen LogP contribution in [0.15, 0.2) is 163 Å². The zero-order valence-corrected chi connectivity index (χ0v) is 31.7. The number of hydrogen-bond donors (Lipinski definition) is 0. The van der Waals surface area contributed by atoms with Gasteiger partial charge in [-0.25, -0.2) is 0 Å². The van der Waals surface area contributed by atoms with E-state index in [2.05, 4.69) is 172 Å². The van der Waals surface area contributed by atoms with Gasteiger partial charge in [-0.1, -0.05) is 115 Å². The standard InChI is InChI=1S/C53H45N3/c1-3-11-36(12-4-1)38-19-23-44(24-20-38)55-50-17-9-7-15-46(50)48-25-21-41(35-53(48)55)40-22-26-52-49(34-40)47-16-8-10-18-51(47)56(52)45-32-42(37-13-5-2-6-14-37)31-43(33-45)39-27-29-54-30-28-39/h1-3,5-6,8-11,13-14,16-21,23-25,27,29-35,39,46,50H,4,7,12,15,22,26,28H2. The fourth-order valence-corrected chi connectivity index (χ4v) is 10.1. The summed E-state index contributed by atoms with van der Waals surface area (Å²) in [5, 5.41) is 1.32. The Balaban J connectivity index is 1.00. The van der Waals surface area contributed by atoms with Crippen molar-refractivity contribution in [2.45, 2.75) is 62.8 Å². The molecule has 1 aromatic heterocycles. The summed E-state index contributed by atoms with van der Waals surface area (Å²) in [5.41, 5.74) is 18.8. The first-order chi connectivity index (χ1) is 27.8. The number of aliphatic imine (C=N–C) groups is 1. The number of anilines is 2. The molecule has 0 N–H and O–H groups in total. The fourth-order valence-electron chi connectivity index (χ4n) is 10.1. The van der Waals surface area contributed by atoms with Crippen molar-refractivity contribution in [3.63, 3.8) is 0 Å². The second kappa shape index (κ2) is 13.8. The molecule has 3 nitrogen and oxygen atoms in total. The lowest BCUT2D eigenvalue weighted by Crippen LogP contribution is -2.29. The third-order valence-electron chi connectivity index (χ3n) is 12.8. The van der Waals surface area contributed by atoms with E-state index < -0.39 is 0 Å². The van der Waals surface area contributed by atoms with Gasteiger partial charge in [0.2, 0.25) is 0 Å². The molecule has 0 bridgehead atoms. The third-order valence-corrected chi connectivity index (χ3v) is 12.8. The lowest BCUT2D eigenvalue weighted by molar-refractivity contribution is 0.573. The van der Waals surface area contributed by atoms with Crippen molar-refractivity contribution < 1.29 is 0 Å². The summed E-state index contributed by atoms with van der Waals surface area (Å²) in [5.74, 6) is 0.829. The fraction of sp³-hybridized carbons (Fsp3) is 0.189. The van der Waals surface area contributed by atoms with Crippen LogP contribution in [0.25, 0.3) is 44.9 Å². The maximum absolute atomic E-state index is 4.39. The quantitative estimate of drug-likeness (QED) is 0.157. The molecule has 0 spiro atoms. The van der Waals surface area contributed by atoms with Crippen LogP contribution < -0.4 is 4.90 Å². The smallest absolute Gasteiger partial charge is 0.0591 e. The van der Waals surface area contributed by atoms with Crippen molar-refractivity contribution in [2.24, 2.45) is 4.99 Å². The Morgan fingerprint density at radius 2 is 1.52 bits per heavy atom. The van der Waals surface area contributed by atoms with Crippen LogP contribution in [0.4, 0.5) is 11.4 Å². The second-order valence-corrected chi connectivity index (χ2v) is 16.0. The molecular formula is C53H45N3. The molecule has 0 amide bonds. The Hall–Kier alpha value is -6.19. The second-order valence-electron chi connectivity index (χ2n) is 16.0. The van der Waals surface area contributed by atoms with Gasteiger partial charge < -0.3 is 9.47 Å².